The molecule has 0 heterocycles. The van der Waals surface area contributed by atoms with Gasteiger partial charge in [-0.25, -0.2) is 9.13 Å². The minimum atomic E-state index is -4.95. The van der Waals surface area contributed by atoms with Crippen molar-refractivity contribution in [2.45, 2.75) is 296 Å². The van der Waals surface area contributed by atoms with Crippen molar-refractivity contribution in [1.82, 2.24) is 0 Å². The smallest absolute Gasteiger partial charge is 0.463 e. The van der Waals surface area contributed by atoms with Crippen LogP contribution in [0.5, 0.6) is 0 Å². The number of phosphoric acid groups is 2. The van der Waals surface area contributed by atoms with Gasteiger partial charge in [0, 0.05) is 19.3 Å². The highest BCUT2D eigenvalue weighted by atomic mass is 31.2. The Morgan fingerprint density at radius 2 is 0.495 bits per heavy atom. The standard InChI is InChI=1S/C83H136O16P2/c1-4-7-10-13-16-19-22-25-28-30-32-33-34-35-36-37-38-39-40-41-42-43-45-47-49-51-54-57-60-63-66-69-81(86)93-72-78(84)73-95-100(89,90)96-74-79(85)75-97-101(91,92)98-77-80(99-83(88)71-68-65-62-59-56-53-48-27-24-21-18-15-12-9-6-3)76-94-82(87)70-67-64-61-58-55-52-50-46-44-31-29-26-23-20-17-14-11-8-5-2/h7-12,16-21,25-29,32-33,35-36,38-39,44,46,48,52,55,78-80,84-85H,4-6,13-15,22-24,30-31,34,37,40-43,45,47,49-51,53-54,56-77H2,1-3H3,(H,89,90)(H,91,92)/b10-7-,11-8-,12-9-,19-16-,20-17-,21-18-,28-25-,29-26-,33-32-,36-35-,39-38-,46-44-,48-27-,55-52-. The van der Waals surface area contributed by atoms with Crippen molar-refractivity contribution >= 4 is 33.6 Å². The van der Waals surface area contributed by atoms with E-state index in [1.807, 2.05) is 0 Å². The van der Waals surface area contributed by atoms with Crippen LogP contribution in [0.2, 0.25) is 0 Å². The van der Waals surface area contributed by atoms with Gasteiger partial charge in [-0.05, 0) is 148 Å². The number of ether oxygens (including phenoxy) is 3. The third-order valence-electron chi connectivity index (χ3n) is 15.4. The van der Waals surface area contributed by atoms with Crippen LogP contribution in [-0.2, 0) is 55.8 Å². The number of aliphatic hydroxyl groups excluding tert-OH is 2. The molecule has 0 aliphatic carbocycles. The average Bonchev–Trinajstić information content (AvgIpc) is 0.980. The first kappa shape index (κ1) is 95.9. The van der Waals surface area contributed by atoms with Crippen LogP contribution in [-0.4, -0.2) is 95.9 Å². The summed E-state index contributed by atoms with van der Waals surface area (Å²) >= 11 is 0. The number of esters is 3. The molecule has 0 aliphatic rings. The molecule has 0 rings (SSSR count). The fourth-order valence-corrected chi connectivity index (χ4v) is 11.3. The minimum absolute atomic E-state index is 0.0720. The number of carbonyl (C=O) groups is 3. The van der Waals surface area contributed by atoms with Gasteiger partial charge in [0.05, 0.1) is 26.4 Å². The van der Waals surface area contributed by atoms with Gasteiger partial charge in [0.2, 0.25) is 0 Å². The summed E-state index contributed by atoms with van der Waals surface area (Å²) in [6, 6.07) is 0. The Bertz CT molecular complexity index is 2520. The number of carbonyl (C=O) groups excluding carboxylic acids is 3. The van der Waals surface area contributed by atoms with Crippen LogP contribution in [0.4, 0.5) is 0 Å². The Kier molecular flexibility index (Phi) is 70.9. The summed E-state index contributed by atoms with van der Waals surface area (Å²) in [5, 5.41) is 20.6. The lowest BCUT2D eigenvalue weighted by atomic mass is 10.0. The molecule has 0 aromatic rings. The molecule has 0 bridgehead atoms. The SMILES string of the molecule is CC/C=C\C/C=C\C/C=C\C/C=C\C/C=C\C/C=C\CCCCCCCCCCCCCCC(=O)OCC(O)COP(=O)(O)OCC(O)COP(=O)(O)OCC(COC(=O)CCCCC/C=C\C/C=C\C/C=C\C/C=C\C/C=C\CC)OC(=O)CCCCCCC/C=C\C/C=C\C/C=C\CC. The van der Waals surface area contributed by atoms with E-state index in [-0.39, 0.29) is 19.3 Å². The van der Waals surface area contributed by atoms with Crippen molar-refractivity contribution in [2.24, 2.45) is 0 Å². The zero-order valence-corrected chi connectivity index (χ0v) is 64.3. The molecule has 0 radical (unpaired) electrons. The second-order valence-corrected chi connectivity index (χ2v) is 27.9. The van der Waals surface area contributed by atoms with Gasteiger partial charge in [-0.1, -0.05) is 281 Å². The second-order valence-electron chi connectivity index (χ2n) is 25.0. The van der Waals surface area contributed by atoms with E-state index >= 15 is 0 Å². The van der Waals surface area contributed by atoms with Crippen LogP contribution < -0.4 is 0 Å². The van der Waals surface area contributed by atoms with Gasteiger partial charge in [-0.2, -0.15) is 0 Å². The van der Waals surface area contributed by atoms with Gasteiger partial charge >= 0.3 is 33.6 Å². The Morgan fingerprint density at radius 1 is 0.277 bits per heavy atom. The van der Waals surface area contributed by atoms with Crippen molar-refractivity contribution in [3.05, 3.63) is 170 Å². The highest BCUT2D eigenvalue weighted by Crippen LogP contribution is 2.45. The molecule has 0 saturated carbocycles. The Morgan fingerprint density at radius 3 is 0.792 bits per heavy atom. The molecule has 0 saturated heterocycles. The lowest BCUT2D eigenvalue weighted by Crippen LogP contribution is -2.30. The maximum absolute atomic E-state index is 12.9. The molecule has 574 valence electrons. The molecule has 0 aliphatic heterocycles. The molecule has 0 spiro atoms. The first-order valence-electron chi connectivity index (χ1n) is 38.4. The van der Waals surface area contributed by atoms with Crippen molar-refractivity contribution in [3.8, 4) is 0 Å². The van der Waals surface area contributed by atoms with E-state index in [0.29, 0.717) is 19.3 Å². The maximum Gasteiger partial charge on any atom is 0.472 e. The van der Waals surface area contributed by atoms with Gasteiger partial charge in [0.15, 0.2) is 6.10 Å². The Labute approximate surface area is 612 Å². The molecule has 5 unspecified atom stereocenters. The van der Waals surface area contributed by atoms with Crippen LogP contribution in [0.1, 0.15) is 278 Å². The minimum Gasteiger partial charge on any atom is -0.463 e. The van der Waals surface area contributed by atoms with E-state index in [1.165, 1.54) is 51.4 Å². The van der Waals surface area contributed by atoms with Gasteiger partial charge in [-0.15, -0.1) is 0 Å². The first-order valence-corrected chi connectivity index (χ1v) is 41.4. The molecule has 4 N–H and O–H groups in total. The Balaban J connectivity index is 4.54. The molecule has 0 amide bonds. The summed E-state index contributed by atoms with van der Waals surface area (Å²) in [5.41, 5.74) is 0. The predicted octanol–water partition coefficient (Wildman–Crippen LogP) is 22.4. The summed E-state index contributed by atoms with van der Waals surface area (Å²) in [4.78, 5) is 58.6. The predicted molar refractivity (Wildman–Crippen MR) is 417 cm³/mol. The summed E-state index contributed by atoms with van der Waals surface area (Å²) in [7, 11) is -9.81. The van der Waals surface area contributed by atoms with Gasteiger partial charge in [-0.3, -0.25) is 32.5 Å². The number of phosphoric ester groups is 2. The highest BCUT2D eigenvalue weighted by Gasteiger charge is 2.29. The van der Waals surface area contributed by atoms with E-state index in [2.05, 4.69) is 191 Å². The fraction of sp³-hybridized carbons (Fsp3) is 0.627. The van der Waals surface area contributed by atoms with Crippen molar-refractivity contribution in [2.75, 3.05) is 39.6 Å². The largest absolute Gasteiger partial charge is 0.472 e. The van der Waals surface area contributed by atoms with Crippen LogP contribution >= 0.6 is 15.6 Å². The Hall–Kier alpha value is -5.09. The molecular formula is C83H136O16P2. The topological polar surface area (TPSA) is 231 Å². The zero-order valence-electron chi connectivity index (χ0n) is 62.5. The second kappa shape index (κ2) is 74.6. The maximum atomic E-state index is 12.9. The van der Waals surface area contributed by atoms with Gasteiger partial charge < -0.3 is 34.2 Å². The summed E-state index contributed by atoms with van der Waals surface area (Å²) in [5.74, 6) is -1.64. The van der Waals surface area contributed by atoms with Gasteiger partial charge in [0.25, 0.3) is 0 Å². The number of hydrogen-bond acceptors (Lipinski definition) is 14. The lowest BCUT2D eigenvalue weighted by molar-refractivity contribution is -0.161. The summed E-state index contributed by atoms with van der Waals surface area (Å²) in [6.45, 7) is 2.26. The molecule has 0 fully saturated rings. The summed E-state index contributed by atoms with van der Waals surface area (Å²) in [6.07, 6.45) is 94.1. The number of unbranched alkanes of at least 4 members (excludes halogenated alkanes) is 20. The number of hydrogen-bond donors (Lipinski definition) is 4. The van der Waals surface area contributed by atoms with E-state index < -0.39 is 91.5 Å². The monoisotopic (exact) mass is 1450 g/mol. The van der Waals surface area contributed by atoms with E-state index in [1.54, 1.807) is 0 Å². The number of aliphatic hydroxyl groups is 2. The summed E-state index contributed by atoms with van der Waals surface area (Å²) < 4.78 is 61.0. The number of allylic oxidation sites excluding steroid dienone is 28. The molecule has 18 heteroatoms. The van der Waals surface area contributed by atoms with E-state index in [9.17, 15) is 43.5 Å². The van der Waals surface area contributed by atoms with Gasteiger partial charge in [0.1, 0.15) is 25.4 Å². The molecule has 16 nitrogen and oxygen atoms in total. The van der Waals surface area contributed by atoms with E-state index in [0.717, 1.165) is 167 Å². The first-order chi connectivity index (χ1) is 49.2. The quantitative estimate of drug-likeness (QED) is 0.0146. The zero-order chi connectivity index (χ0) is 73.7. The van der Waals surface area contributed by atoms with Crippen LogP contribution in [0.15, 0.2) is 170 Å². The molecule has 101 heavy (non-hydrogen) atoms. The highest BCUT2D eigenvalue weighted by molar-refractivity contribution is 7.47. The van der Waals surface area contributed by atoms with E-state index in [4.69, 9.17) is 32.3 Å². The van der Waals surface area contributed by atoms with Crippen molar-refractivity contribution in [1.29, 1.82) is 0 Å². The van der Waals surface area contributed by atoms with Crippen LogP contribution in [0.3, 0.4) is 0 Å². The van der Waals surface area contributed by atoms with Crippen LogP contribution in [0, 0.1) is 0 Å². The average molecular weight is 1450 g/mol. The molecule has 0 aromatic heterocycles. The van der Waals surface area contributed by atoms with Crippen LogP contribution in [0.25, 0.3) is 0 Å². The third kappa shape index (κ3) is 75.9. The van der Waals surface area contributed by atoms with Crippen molar-refractivity contribution < 1.29 is 75.8 Å². The lowest BCUT2D eigenvalue weighted by Gasteiger charge is -2.21. The third-order valence-corrected chi connectivity index (χ3v) is 17.3. The molecule has 0 aromatic carbocycles. The normalized spacial score (nSPS) is 15.0. The number of rotatable bonds is 71. The fourth-order valence-electron chi connectivity index (χ4n) is 9.67. The van der Waals surface area contributed by atoms with Crippen molar-refractivity contribution in [3.63, 3.8) is 0 Å². The molecule has 5 atom stereocenters. The molecular weight excluding hydrogens is 1310 g/mol.